The number of nitrogens with two attached hydrogens (primary N) is 1. The lowest BCUT2D eigenvalue weighted by Crippen LogP contribution is -2.50. The average molecular weight is 479 g/mol. The lowest BCUT2D eigenvalue weighted by molar-refractivity contribution is -0.384. The van der Waals surface area contributed by atoms with E-state index in [1.165, 1.54) is 33.3 Å². The van der Waals surface area contributed by atoms with Gasteiger partial charge in [0.05, 0.1) is 4.92 Å². The number of carbonyl (C=O) groups excluding carboxylic acids is 2. The summed E-state index contributed by atoms with van der Waals surface area (Å²) in [5.41, 5.74) is 6.10. The molecule has 2 amide bonds. The molecule has 0 bridgehead atoms. The monoisotopic (exact) mass is 478 g/mol. The number of nitrogens with one attached hydrogen (secondary N) is 1. The molecule has 178 valence electrons. The molecule has 12 nitrogen and oxygen atoms in total. The molecule has 1 aliphatic rings. The first kappa shape index (κ1) is 24.2. The van der Waals surface area contributed by atoms with Crippen LogP contribution in [0, 0.1) is 10.1 Å². The maximum Gasteiger partial charge on any atom is 0.269 e. The summed E-state index contributed by atoms with van der Waals surface area (Å²) in [7, 11) is -2.24. The van der Waals surface area contributed by atoms with E-state index in [0.717, 1.165) is 5.69 Å². The van der Waals surface area contributed by atoms with Gasteiger partial charge in [-0.2, -0.15) is 4.31 Å². The van der Waals surface area contributed by atoms with Crippen LogP contribution in [0.15, 0.2) is 41.4 Å². The van der Waals surface area contributed by atoms with Crippen LogP contribution < -0.4 is 11.1 Å². The fourth-order valence-electron chi connectivity index (χ4n) is 3.58. The highest BCUT2D eigenvalue weighted by Crippen LogP contribution is 2.20. The molecule has 0 radical (unpaired) electrons. The molecule has 1 saturated heterocycles. The van der Waals surface area contributed by atoms with Gasteiger partial charge in [-0.1, -0.05) is 0 Å². The van der Waals surface area contributed by atoms with Crippen LogP contribution in [0.2, 0.25) is 0 Å². The van der Waals surface area contributed by atoms with Gasteiger partial charge >= 0.3 is 0 Å². The maximum absolute atomic E-state index is 12.9. The zero-order valence-electron chi connectivity index (χ0n) is 18.1. The van der Waals surface area contributed by atoms with E-state index in [4.69, 9.17) is 5.73 Å². The van der Waals surface area contributed by atoms with Crippen molar-refractivity contribution in [3.63, 3.8) is 0 Å². The number of aromatic nitrogens is 1. The zero-order valence-corrected chi connectivity index (χ0v) is 19.0. The summed E-state index contributed by atoms with van der Waals surface area (Å²) in [6.07, 6.45) is 2.21. The smallest absolute Gasteiger partial charge is 0.269 e. The Morgan fingerprint density at radius 2 is 1.79 bits per heavy atom. The van der Waals surface area contributed by atoms with Crippen molar-refractivity contribution in [2.45, 2.75) is 17.7 Å². The number of rotatable bonds is 9. The number of sulfonamides is 1. The topological polar surface area (TPSA) is 161 Å². The lowest BCUT2D eigenvalue weighted by Gasteiger charge is -2.34. The van der Waals surface area contributed by atoms with Crippen molar-refractivity contribution in [3.8, 4) is 0 Å². The van der Waals surface area contributed by atoms with Crippen molar-refractivity contribution in [1.82, 2.24) is 13.8 Å². The Hall–Kier alpha value is -3.45. The molecular weight excluding hydrogens is 452 g/mol. The Morgan fingerprint density at radius 1 is 1.15 bits per heavy atom. The van der Waals surface area contributed by atoms with Gasteiger partial charge in [-0.15, -0.1) is 0 Å². The number of carbonyl (C=O) groups is 2. The Balaban J connectivity index is 1.45. The van der Waals surface area contributed by atoms with Gasteiger partial charge < -0.3 is 20.5 Å². The molecule has 0 unspecified atom stereocenters. The van der Waals surface area contributed by atoms with Gasteiger partial charge in [0.25, 0.3) is 11.6 Å². The average Bonchev–Trinajstić information content (AvgIpc) is 3.20. The molecule has 2 heterocycles. The van der Waals surface area contributed by atoms with Gasteiger partial charge in [0.2, 0.25) is 15.9 Å². The number of amides is 2. The third kappa shape index (κ3) is 5.68. The fraction of sp³-hybridized carbons (Fsp3) is 0.400. The predicted molar refractivity (Wildman–Crippen MR) is 120 cm³/mol. The van der Waals surface area contributed by atoms with E-state index in [2.05, 4.69) is 5.32 Å². The molecule has 3 N–H and O–H groups in total. The van der Waals surface area contributed by atoms with Crippen molar-refractivity contribution < 1.29 is 22.9 Å². The molecule has 1 aromatic carbocycles. The minimum atomic E-state index is -3.79. The van der Waals surface area contributed by atoms with E-state index in [0.29, 0.717) is 19.4 Å². The number of hydrogen-bond donors (Lipinski definition) is 2. The highest BCUT2D eigenvalue weighted by molar-refractivity contribution is 7.89. The molecule has 0 spiro atoms. The number of primary amides is 1. The number of hydrogen-bond acceptors (Lipinski definition) is 7. The molecule has 13 heteroatoms. The first-order valence-electron chi connectivity index (χ1n) is 10.3. The van der Waals surface area contributed by atoms with E-state index >= 15 is 0 Å². The number of nitro groups is 1. The molecule has 1 aromatic heterocycles. The molecule has 1 fully saturated rings. The first-order chi connectivity index (χ1) is 15.6. The van der Waals surface area contributed by atoms with Crippen LogP contribution in [0.25, 0.3) is 0 Å². The number of benzene rings is 1. The second-order valence-electron chi connectivity index (χ2n) is 7.66. The van der Waals surface area contributed by atoms with Gasteiger partial charge in [0.15, 0.2) is 0 Å². The predicted octanol–water partition coefficient (Wildman–Crippen LogP) is 0.757. The van der Waals surface area contributed by atoms with Crippen LogP contribution in [-0.2, 0) is 21.9 Å². The summed E-state index contributed by atoms with van der Waals surface area (Å²) in [5, 5.41) is 13.8. The number of non-ortho nitro benzene ring substituents is 1. The van der Waals surface area contributed by atoms with Gasteiger partial charge in [-0.25, -0.2) is 8.42 Å². The van der Waals surface area contributed by atoms with Crippen LogP contribution in [0.3, 0.4) is 0 Å². The van der Waals surface area contributed by atoms with Crippen LogP contribution in [-0.4, -0.2) is 71.7 Å². The number of anilines is 1. The number of nitro benzene ring substituents is 1. The summed E-state index contributed by atoms with van der Waals surface area (Å²) in [4.78, 5) is 35.7. The number of aryl methyl sites for hydroxylation is 1. The Labute approximate surface area is 191 Å². The molecule has 33 heavy (non-hydrogen) atoms. The van der Waals surface area contributed by atoms with E-state index in [1.54, 1.807) is 24.1 Å². The third-order valence-corrected chi connectivity index (χ3v) is 7.30. The van der Waals surface area contributed by atoms with Crippen LogP contribution >= 0.6 is 0 Å². The molecule has 0 aliphatic carbocycles. The van der Waals surface area contributed by atoms with Crippen molar-refractivity contribution >= 4 is 33.2 Å². The van der Waals surface area contributed by atoms with Gasteiger partial charge in [0.1, 0.15) is 10.6 Å². The number of nitrogens with zero attached hydrogens (tertiary/aromatic N) is 4. The minimum Gasteiger partial charge on any atom is -0.385 e. The van der Waals surface area contributed by atoms with E-state index in [-0.39, 0.29) is 48.4 Å². The summed E-state index contributed by atoms with van der Waals surface area (Å²) < 4.78 is 28.4. The SMILES string of the molecule is Cn1cc(S(=O)(=O)N2CCN(C(=O)CCCNc3ccc([N+](=O)[O-])cc3)CC2)cc1C(N)=O. The minimum absolute atomic E-state index is 0.00380. The van der Waals surface area contributed by atoms with Crippen molar-refractivity contribution in [2.75, 3.05) is 38.0 Å². The van der Waals surface area contributed by atoms with Crippen molar-refractivity contribution in [3.05, 3.63) is 52.3 Å². The standard InChI is InChI=1S/C20H26N6O6S/c1-23-14-17(13-18(23)20(21)28)33(31,32)25-11-9-24(10-12-25)19(27)3-2-8-22-15-4-6-16(7-5-15)26(29)30/h4-7,13-14,22H,2-3,8-12H2,1H3,(H2,21,28). The van der Waals surface area contributed by atoms with Crippen LogP contribution in [0.4, 0.5) is 11.4 Å². The normalized spacial score (nSPS) is 14.8. The third-order valence-electron chi connectivity index (χ3n) is 5.44. The summed E-state index contributed by atoms with van der Waals surface area (Å²) >= 11 is 0. The molecule has 2 aromatic rings. The van der Waals surface area contributed by atoms with Crippen molar-refractivity contribution in [1.29, 1.82) is 0 Å². The quantitative estimate of drug-likeness (QED) is 0.305. The molecular formula is C20H26N6O6S. The van der Waals surface area contributed by atoms with Gasteiger partial charge in [0, 0.05) is 70.2 Å². The van der Waals surface area contributed by atoms with Crippen molar-refractivity contribution in [2.24, 2.45) is 12.8 Å². The summed E-state index contributed by atoms with van der Waals surface area (Å²) in [5.74, 6) is -0.772. The van der Waals surface area contributed by atoms with E-state index in [1.807, 2.05) is 0 Å². The Morgan fingerprint density at radius 3 is 2.33 bits per heavy atom. The summed E-state index contributed by atoms with van der Waals surface area (Å²) in [6.45, 7) is 1.41. The fourth-order valence-corrected chi connectivity index (χ4v) is 5.07. The molecule has 0 atom stereocenters. The molecule has 0 saturated carbocycles. The van der Waals surface area contributed by atoms with Crippen LogP contribution in [0.1, 0.15) is 23.3 Å². The Kier molecular flexibility index (Phi) is 7.33. The molecule has 3 rings (SSSR count). The van der Waals surface area contributed by atoms with E-state index in [9.17, 15) is 28.1 Å². The van der Waals surface area contributed by atoms with E-state index < -0.39 is 20.9 Å². The van der Waals surface area contributed by atoms with Gasteiger partial charge in [-0.05, 0) is 24.6 Å². The molecule has 1 aliphatic heterocycles. The first-order valence-corrected chi connectivity index (χ1v) is 11.8. The zero-order chi connectivity index (χ0) is 24.2. The Bertz CT molecular complexity index is 1140. The second kappa shape index (κ2) is 10.0. The van der Waals surface area contributed by atoms with Gasteiger partial charge in [-0.3, -0.25) is 19.7 Å². The lowest BCUT2D eigenvalue weighted by atomic mass is 10.2. The largest absolute Gasteiger partial charge is 0.385 e. The summed E-state index contributed by atoms with van der Waals surface area (Å²) in [6, 6.07) is 7.29. The highest BCUT2D eigenvalue weighted by atomic mass is 32.2. The van der Waals surface area contributed by atoms with Crippen LogP contribution in [0.5, 0.6) is 0 Å². The highest BCUT2D eigenvalue weighted by Gasteiger charge is 2.31. The maximum atomic E-state index is 12.9. The second-order valence-corrected chi connectivity index (χ2v) is 9.59. The number of piperazine rings is 1.